The van der Waals surface area contributed by atoms with Crippen LogP contribution in [0.15, 0.2) is 60.7 Å². The average molecular weight is 563 g/mol. The van der Waals surface area contributed by atoms with Crippen molar-refractivity contribution in [3.63, 3.8) is 0 Å². The number of nitro groups is 1. The number of non-ortho nitro benzene ring substituents is 1. The second-order valence-corrected chi connectivity index (χ2v) is 10.9. The molecule has 0 aliphatic carbocycles. The van der Waals surface area contributed by atoms with Crippen molar-refractivity contribution in [2.45, 2.75) is 43.8 Å². The van der Waals surface area contributed by atoms with Crippen molar-refractivity contribution in [1.82, 2.24) is 15.5 Å². The Bertz CT molecular complexity index is 1490. The Kier molecular flexibility index (Phi) is 7.60. The Hall–Kier alpha value is -4.58. The van der Waals surface area contributed by atoms with E-state index in [0.717, 1.165) is 20.9 Å². The van der Waals surface area contributed by atoms with E-state index in [1.807, 2.05) is 12.1 Å². The lowest BCUT2D eigenvalue weighted by molar-refractivity contribution is -0.384. The summed E-state index contributed by atoms with van der Waals surface area (Å²) in [6, 6.07) is 15.1. The van der Waals surface area contributed by atoms with E-state index in [-0.39, 0.29) is 36.9 Å². The predicted molar refractivity (Wildman–Crippen MR) is 145 cm³/mol. The fraction of sp³-hybridized carbons (Fsp3) is 0.286. The summed E-state index contributed by atoms with van der Waals surface area (Å²) < 4.78 is 0. The highest BCUT2D eigenvalue weighted by Crippen LogP contribution is 2.46. The standard InChI is InChI=1S/C28H26N4O7S/c33-25-10-9-21-19-13-23(17-7-4-8-18(12-17)32(38)39)40-24(19)14-22(31(21)25)28(37)30-20(27(36)29-15-26(34)35)11-16-5-2-1-3-6-16/h1-8,12-13,20-22H,9-11,14-15H2,(H,29,36)(H,30,37)(H,34,35)/t20-,21+,22-/m0/s1. The van der Waals surface area contributed by atoms with Crippen LogP contribution in [0.5, 0.6) is 0 Å². The molecule has 1 aromatic heterocycles. The van der Waals surface area contributed by atoms with Crippen LogP contribution in [0.1, 0.15) is 34.9 Å². The Morgan fingerprint density at radius 3 is 2.62 bits per heavy atom. The fourth-order valence-electron chi connectivity index (χ4n) is 5.30. The number of carboxylic acids is 1. The molecule has 3 heterocycles. The van der Waals surface area contributed by atoms with E-state index in [1.165, 1.54) is 23.5 Å². The molecule has 3 aromatic rings. The van der Waals surface area contributed by atoms with Crippen molar-refractivity contribution >= 4 is 40.7 Å². The van der Waals surface area contributed by atoms with Crippen molar-refractivity contribution in [3.8, 4) is 10.4 Å². The molecule has 0 saturated carbocycles. The number of aliphatic carboxylic acids is 1. The molecule has 40 heavy (non-hydrogen) atoms. The molecule has 2 aromatic carbocycles. The van der Waals surface area contributed by atoms with E-state index in [0.29, 0.717) is 12.0 Å². The molecule has 12 heteroatoms. The minimum Gasteiger partial charge on any atom is -0.480 e. The minimum absolute atomic E-state index is 0.0237. The van der Waals surface area contributed by atoms with Crippen molar-refractivity contribution in [2.75, 3.05) is 6.54 Å². The van der Waals surface area contributed by atoms with E-state index in [4.69, 9.17) is 5.11 Å². The maximum Gasteiger partial charge on any atom is 0.322 e. The number of nitrogens with one attached hydrogen (secondary N) is 2. The molecule has 2 aliphatic rings. The van der Waals surface area contributed by atoms with Crippen LogP contribution in [0, 0.1) is 10.1 Å². The van der Waals surface area contributed by atoms with E-state index in [9.17, 15) is 29.3 Å². The highest BCUT2D eigenvalue weighted by atomic mass is 32.1. The van der Waals surface area contributed by atoms with Crippen LogP contribution >= 0.6 is 11.3 Å². The second-order valence-electron chi connectivity index (χ2n) is 9.73. The molecule has 1 fully saturated rings. The van der Waals surface area contributed by atoms with Crippen LogP contribution in [0.4, 0.5) is 5.69 Å². The largest absolute Gasteiger partial charge is 0.480 e. The summed E-state index contributed by atoms with van der Waals surface area (Å²) in [5, 5.41) is 25.4. The molecule has 0 spiro atoms. The van der Waals surface area contributed by atoms with Gasteiger partial charge in [0.25, 0.3) is 5.69 Å². The first-order valence-electron chi connectivity index (χ1n) is 12.7. The molecular weight excluding hydrogens is 536 g/mol. The van der Waals surface area contributed by atoms with Gasteiger partial charge in [0.05, 0.1) is 11.0 Å². The second kappa shape index (κ2) is 11.3. The number of fused-ring (bicyclic) bond motifs is 3. The molecule has 3 N–H and O–H groups in total. The molecule has 0 unspecified atom stereocenters. The number of nitrogens with zero attached hydrogens (tertiary/aromatic N) is 2. The molecule has 0 radical (unpaired) electrons. The first-order valence-corrected chi connectivity index (χ1v) is 13.6. The first-order chi connectivity index (χ1) is 19.2. The number of hydrogen-bond donors (Lipinski definition) is 3. The number of carbonyl (C=O) groups is 4. The predicted octanol–water partition coefficient (Wildman–Crippen LogP) is 2.84. The highest BCUT2D eigenvalue weighted by Gasteiger charge is 2.46. The number of thiophene rings is 1. The van der Waals surface area contributed by atoms with Gasteiger partial charge >= 0.3 is 5.97 Å². The van der Waals surface area contributed by atoms with Gasteiger partial charge < -0.3 is 20.6 Å². The Balaban J connectivity index is 1.41. The van der Waals surface area contributed by atoms with Crippen LogP contribution in [0.25, 0.3) is 10.4 Å². The van der Waals surface area contributed by atoms with Gasteiger partial charge in [-0.2, -0.15) is 0 Å². The van der Waals surface area contributed by atoms with Crippen molar-refractivity contribution in [2.24, 2.45) is 0 Å². The SMILES string of the molecule is O=C(O)CNC(=O)[C@H](Cc1ccccc1)NC(=O)[C@@H]1Cc2sc(-c3cccc([N+](=O)[O-])c3)cc2[C@H]2CCC(=O)N21. The summed E-state index contributed by atoms with van der Waals surface area (Å²) in [4.78, 5) is 64.6. The topological polar surface area (TPSA) is 159 Å². The molecule has 3 amide bonds. The lowest BCUT2D eigenvalue weighted by Crippen LogP contribution is -2.57. The maximum atomic E-state index is 13.7. The van der Waals surface area contributed by atoms with Crippen LogP contribution in [0.3, 0.4) is 0 Å². The molecule has 11 nitrogen and oxygen atoms in total. The van der Waals surface area contributed by atoms with Gasteiger partial charge in [0, 0.05) is 41.1 Å². The molecule has 2 aliphatic heterocycles. The Morgan fingerprint density at radius 2 is 1.90 bits per heavy atom. The average Bonchev–Trinajstić information content (AvgIpc) is 3.55. The van der Waals surface area contributed by atoms with Gasteiger partial charge in [-0.05, 0) is 29.2 Å². The zero-order chi connectivity index (χ0) is 28.4. The van der Waals surface area contributed by atoms with Crippen LogP contribution in [-0.4, -0.2) is 57.2 Å². The van der Waals surface area contributed by atoms with E-state index < -0.39 is 41.3 Å². The van der Waals surface area contributed by atoms with Gasteiger partial charge in [0.1, 0.15) is 18.6 Å². The molecule has 206 valence electrons. The van der Waals surface area contributed by atoms with Gasteiger partial charge in [0.2, 0.25) is 17.7 Å². The van der Waals surface area contributed by atoms with Gasteiger partial charge in [-0.25, -0.2) is 0 Å². The fourth-order valence-corrected chi connectivity index (χ4v) is 6.55. The van der Waals surface area contributed by atoms with Gasteiger partial charge in [-0.1, -0.05) is 42.5 Å². The maximum absolute atomic E-state index is 13.7. The Morgan fingerprint density at radius 1 is 1.12 bits per heavy atom. The number of amides is 3. The third kappa shape index (κ3) is 5.57. The van der Waals surface area contributed by atoms with Crippen LogP contribution in [0.2, 0.25) is 0 Å². The van der Waals surface area contributed by atoms with Gasteiger partial charge in [-0.3, -0.25) is 29.3 Å². The van der Waals surface area contributed by atoms with Crippen LogP contribution in [-0.2, 0) is 32.0 Å². The van der Waals surface area contributed by atoms with E-state index in [2.05, 4.69) is 10.6 Å². The lowest BCUT2D eigenvalue weighted by atomic mass is 9.93. The van der Waals surface area contributed by atoms with Gasteiger partial charge in [-0.15, -0.1) is 11.3 Å². The monoisotopic (exact) mass is 562 g/mol. The molecule has 3 atom stereocenters. The number of benzene rings is 2. The summed E-state index contributed by atoms with van der Waals surface area (Å²) >= 11 is 1.43. The number of carbonyl (C=O) groups excluding carboxylic acids is 3. The summed E-state index contributed by atoms with van der Waals surface area (Å²) in [5.41, 5.74) is 2.37. The van der Waals surface area contributed by atoms with E-state index >= 15 is 0 Å². The quantitative estimate of drug-likeness (QED) is 0.267. The summed E-state index contributed by atoms with van der Waals surface area (Å²) in [6.07, 6.45) is 1.19. The van der Waals surface area contributed by atoms with Crippen LogP contribution < -0.4 is 10.6 Å². The highest BCUT2D eigenvalue weighted by molar-refractivity contribution is 7.15. The number of carboxylic acid groups (broad SMARTS) is 1. The summed E-state index contributed by atoms with van der Waals surface area (Å²) in [7, 11) is 0. The summed E-state index contributed by atoms with van der Waals surface area (Å²) in [5.74, 6) is -2.50. The smallest absolute Gasteiger partial charge is 0.322 e. The molecular formula is C28H26N4O7S. The summed E-state index contributed by atoms with van der Waals surface area (Å²) in [6.45, 7) is -0.588. The number of hydrogen-bond acceptors (Lipinski definition) is 7. The van der Waals surface area contributed by atoms with Crippen molar-refractivity contribution in [3.05, 3.63) is 86.8 Å². The zero-order valence-electron chi connectivity index (χ0n) is 21.2. The van der Waals surface area contributed by atoms with E-state index in [1.54, 1.807) is 41.3 Å². The molecule has 0 bridgehead atoms. The number of nitro benzene ring substituents is 1. The first kappa shape index (κ1) is 27.0. The lowest BCUT2D eigenvalue weighted by Gasteiger charge is -2.37. The zero-order valence-corrected chi connectivity index (χ0v) is 22.1. The molecule has 5 rings (SSSR count). The van der Waals surface area contributed by atoms with Gasteiger partial charge in [0.15, 0.2) is 0 Å². The third-order valence-electron chi connectivity index (χ3n) is 7.14. The normalized spacial score (nSPS) is 18.4. The minimum atomic E-state index is -1.21. The third-order valence-corrected chi connectivity index (χ3v) is 8.37. The van der Waals surface area contributed by atoms with Crippen molar-refractivity contribution in [1.29, 1.82) is 0 Å². The molecule has 1 saturated heterocycles. The van der Waals surface area contributed by atoms with Crippen molar-refractivity contribution < 1.29 is 29.2 Å². The number of rotatable bonds is 9. The Labute approximate surface area is 233 Å².